The molecule has 1 unspecified atom stereocenters. The van der Waals surface area contributed by atoms with Crippen LogP contribution in [-0.4, -0.2) is 25.3 Å². The van der Waals surface area contributed by atoms with Crippen LogP contribution in [0.15, 0.2) is 12.1 Å². The predicted molar refractivity (Wildman–Crippen MR) is 64.4 cm³/mol. The Hall–Kier alpha value is -1.26. The fraction of sp³-hybridized carbons (Fsp3) is 0.417. The summed E-state index contributed by atoms with van der Waals surface area (Å²) in [6.45, 7) is 1.95. The first-order valence-electron chi connectivity index (χ1n) is 5.17. The molecule has 1 aromatic rings. The summed E-state index contributed by atoms with van der Waals surface area (Å²) in [5.41, 5.74) is 1.23. The molecule has 0 aliphatic carbocycles. The number of hydrogen-bond acceptors (Lipinski definition) is 4. The normalized spacial score (nSPS) is 12.1. The molecule has 1 N–H and O–H groups in total. The minimum absolute atomic E-state index is 0.293. The quantitative estimate of drug-likeness (QED) is 0.841. The maximum Gasteiger partial charge on any atom is 0.339 e. The molecule has 0 heterocycles. The number of ether oxygens (including phenoxy) is 2. The molecule has 0 aliphatic rings. The van der Waals surface area contributed by atoms with Gasteiger partial charge in [0.05, 0.1) is 19.2 Å². The van der Waals surface area contributed by atoms with Crippen LogP contribution >= 0.6 is 11.6 Å². The second-order valence-electron chi connectivity index (χ2n) is 3.48. The van der Waals surface area contributed by atoms with Crippen LogP contribution in [0.5, 0.6) is 5.75 Å². The summed E-state index contributed by atoms with van der Waals surface area (Å²) in [6.07, 6.45) is -0.649. The van der Waals surface area contributed by atoms with Gasteiger partial charge in [0.2, 0.25) is 0 Å². The second-order valence-corrected chi connectivity index (χ2v) is 3.89. The number of methoxy groups -OCH3 is 2. The highest BCUT2D eigenvalue weighted by atomic mass is 35.5. The highest BCUT2D eigenvalue weighted by Gasteiger charge is 2.24. The Bertz CT molecular complexity index is 417. The molecule has 1 rings (SSSR count). The Morgan fingerprint density at radius 2 is 2.12 bits per heavy atom. The van der Waals surface area contributed by atoms with E-state index in [0.29, 0.717) is 16.3 Å². The molecule has 0 saturated heterocycles. The van der Waals surface area contributed by atoms with Crippen LogP contribution in [0.1, 0.15) is 24.2 Å². The first-order chi connectivity index (χ1) is 8.04. The summed E-state index contributed by atoms with van der Waals surface area (Å²) in [7, 11) is 2.64. The van der Waals surface area contributed by atoms with E-state index in [0.717, 1.165) is 12.0 Å². The first kappa shape index (κ1) is 13.8. The molecule has 0 spiro atoms. The van der Waals surface area contributed by atoms with E-state index in [1.807, 2.05) is 6.92 Å². The van der Waals surface area contributed by atoms with Crippen LogP contribution in [0.25, 0.3) is 0 Å². The molecule has 1 aromatic carbocycles. The molecule has 0 aliphatic heterocycles. The zero-order valence-corrected chi connectivity index (χ0v) is 10.7. The largest absolute Gasteiger partial charge is 0.495 e. The Balaban J connectivity index is 3.28. The third-order valence-electron chi connectivity index (χ3n) is 2.46. The topological polar surface area (TPSA) is 55.8 Å². The van der Waals surface area contributed by atoms with Crippen molar-refractivity contribution in [1.82, 2.24) is 0 Å². The lowest BCUT2D eigenvalue weighted by Gasteiger charge is -2.15. The van der Waals surface area contributed by atoms with Crippen LogP contribution < -0.4 is 4.74 Å². The summed E-state index contributed by atoms with van der Waals surface area (Å²) >= 11 is 6.02. The molecule has 0 radical (unpaired) electrons. The van der Waals surface area contributed by atoms with Crippen molar-refractivity contribution in [3.8, 4) is 5.75 Å². The average molecular weight is 259 g/mol. The van der Waals surface area contributed by atoms with Crippen LogP contribution in [0.2, 0.25) is 5.02 Å². The van der Waals surface area contributed by atoms with E-state index in [1.165, 1.54) is 14.2 Å². The molecular formula is C12H15ClO4. The third-order valence-corrected chi connectivity index (χ3v) is 2.74. The van der Waals surface area contributed by atoms with E-state index in [-0.39, 0.29) is 0 Å². The Labute approximate surface area is 105 Å². The van der Waals surface area contributed by atoms with Crippen molar-refractivity contribution in [2.45, 2.75) is 19.4 Å². The third kappa shape index (κ3) is 2.90. The molecule has 5 heteroatoms. The maximum atomic E-state index is 11.3. The fourth-order valence-corrected chi connectivity index (χ4v) is 1.86. The summed E-state index contributed by atoms with van der Waals surface area (Å²) in [5, 5.41) is 10.2. The molecule has 1 atom stereocenters. The van der Waals surface area contributed by atoms with E-state index < -0.39 is 12.1 Å². The van der Waals surface area contributed by atoms with E-state index in [9.17, 15) is 9.90 Å². The van der Waals surface area contributed by atoms with Gasteiger partial charge in [-0.3, -0.25) is 0 Å². The summed E-state index contributed by atoms with van der Waals surface area (Å²) in [4.78, 5) is 11.3. The van der Waals surface area contributed by atoms with E-state index in [2.05, 4.69) is 4.74 Å². The lowest BCUT2D eigenvalue weighted by atomic mass is 10.0. The van der Waals surface area contributed by atoms with Crippen LogP contribution in [0.4, 0.5) is 0 Å². The highest BCUT2D eigenvalue weighted by molar-refractivity contribution is 6.32. The zero-order valence-electron chi connectivity index (χ0n) is 9.99. The minimum Gasteiger partial charge on any atom is -0.495 e. The predicted octanol–water partition coefficient (Wildman–Crippen LogP) is 2.12. The Kier molecular flexibility index (Phi) is 4.78. The van der Waals surface area contributed by atoms with Gasteiger partial charge in [0.25, 0.3) is 0 Å². The van der Waals surface area contributed by atoms with Gasteiger partial charge in [-0.2, -0.15) is 0 Å². The molecule has 0 fully saturated rings. The van der Waals surface area contributed by atoms with Crippen molar-refractivity contribution in [2.75, 3.05) is 14.2 Å². The van der Waals surface area contributed by atoms with Crippen molar-refractivity contribution in [3.05, 3.63) is 28.3 Å². The fourth-order valence-electron chi connectivity index (χ4n) is 1.53. The number of carbonyl (C=O) groups is 1. The van der Waals surface area contributed by atoms with Gasteiger partial charge >= 0.3 is 5.97 Å². The van der Waals surface area contributed by atoms with Crippen LogP contribution in [0.3, 0.4) is 0 Å². The molecular weight excluding hydrogens is 244 g/mol. The standard InChI is InChI=1S/C12H15ClO4/c1-4-7-5-8(10(14)12(15)17-3)11(16-2)9(13)6-7/h5-6,10,14H,4H2,1-3H3. The van der Waals surface area contributed by atoms with Gasteiger partial charge in [-0.15, -0.1) is 0 Å². The molecule has 0 aromatic heterocycles. The summed E-state index contributed by atoms with van der Waals surface area (Å²) in [6, 6.07) is 3.43. The van der Waals surface area contributed by atoms with Crippen LogP contribution in [-0.2, 0) is 16.0 Å². The summed E-state index contributed by atoms with van der Waals surface area (Å²) in [5.74, 6) is -0.450. The van der Waals surface area contributed by atoms with E-state index in [1.54, 1.807) is 12.1 Å². The van der Waals surface area contributed by atoms with Gasteiger partial charge in [0, 0.05) is 5.56 Å². The Morgan fingerprint density at radius 1 is 1.47 bits per heavy atom. The van der Waals surface area contributed by atoms with Gasteiger partial charge in [0.1, 0.15) is 5.75 Å². The molecule has 94 valence electrons. The van der Waals surface area contributed by atoms with Gasteiger partial charge in [-0.05, 0) is 24.1 Å². The number of esters is 1. The monoisotopic (exact) mass is 258 g/mol. The molecule has 0 bridgehead atoms. The van der Waals surface area contributed by atoms with Crippen molar-refractivity contribution in [2.24, 2.45) is 0 Å². The molecule has 0 saturated carbocycles. The number of aliphatic hydroxyl groups is 1. The van der Waals surface area contributed by atoms with Gasteiger partial charge in [0.15, 0.2) is 6.10 Å². The number of rotatable bonds is 4. The molecule has 0 amide bonds. The number of aryl methyl sites for hydroxylation is 1. The number of halogens is 1. The number of aliphatic hydroxyl groups excluding tert-OH is 1. The zero-order chi connectivity index (χ0) is 13.0. The summed E-state index contributed by atoms with van der Waals surface area (Å²) < 4.78 is 9.58. The van der Waals surface area contributed by atoms with Crippen molar-refractivity contribution < 1.29 is 19.4 Å². The number of hydrogen-bond donors (Lipinski definition) is 1. The first-order valence-corrected chi connectivity index (χ1v) is 5.55. The molecule has 17 heavy (non-hydrogen) atoms. The van der Waals surface area contributed by atoms with E-state index >= 15 is 0 Å². The maximum absolute atomic E-state index is 11.3. The second kappa shape index (κ2) is 5.89. The van der Waals surface area contributed by atoms with Crippen LogP contribution in [0, 0.1) is 0 Å². The number of benzene rings is 1. The molecule has 4 nitrogen and oxygen atoms in total. The SMILES string of the molecule is CCc1cc(Cl)c(OC)c(C(O)C(=O)OC)c1. The average Bonchev–Trinajstić information content (AvgIpc) is 2.35. The highest BCUT2D eigenvalue weighted by Crippen LogP contribution is 2.34. The lowest BCUT2D eigenvalue weighted by Crippen LogP contribution is -2.15. The Morgan fingerprint density at radius 3 is 2.59 bits per heavy atom. The van der Waals surface area contributed by atoms with Crippen molar-refractivity contribution >= 4 is 17.6 Å². The van der Waals surface area contributed by atoms with E-state index in [4.69, 9.17) is 16.3 Å². The van der Waals surface area contributed by atoms with Gasteiger partial charge in [-0.25, -0.2) is 4.79 Å². The lowest BCUT2D eigenvalue weighted by molar-refractivity contribution is -0.150. The van der Waals surface area contributed by atoms with Crippen molar-refractivity contribution in [3.63, 3.8) is 0 Å². The smallest absolute Gasteiger partial charge is 0.339 e. The number of carbonyl (C=O) groups excluding carboxylic acids is 1. The van der Waals surface area contributed by atoms with Gasteiger partial charge < -0.3 is 14.6 Å². The van der Waals surface area contributed by atoms with Crippen molar-refractivity contribution in [1.29, 1.82) is 0 Å². The van der Waals surface area contributed by atoms with Gasteiger partial charge in [-0.1, -0.05) is 18.5 Å². The minimum atomic E-state index is -1.39.